The van der Waals surface area contributed by atoms with Gasteiger partial charge in [0.25, 0.3) is 0 Å². The molecule has 0 unspecified atom stereocenters. The number of anilines is 1. The van der Waals surface area contributed by atoms with Gasteiger partial charge in [-0.05, 0) is 35.1 Å². The summed E-state index contributed by atoms with van der Waals surface area (Å²) in [6.07, 6.45) is 0.928. The van der Waals surface area contributed by atoms with Crippen LogP contribution in [0.25, 0.3) is 0 Å². The van der Waals surface area contributed by atoms with Gasteiger partial charge in [-0.2, -0.15) is 0 Å². The Morgan fingerprint density at radius 2 is 1.94 bits per heavy atom. The van der Waals surface area contributed by atoms with Crippen LogP contribution in [0.2, 0.25) is 0 Å². The fourth-order valence-electron chi connectivity index (χ4n) is 1.97. The van der Waals surface area contributed by atoms with Gasteiger partial charge in [0, 0.05) is 36.3 Å². The van der Waals surface area contributed by atoms with Gasteiger partial charge < -0.3 is 9.80 Å². The lowest BCUT2D eigenvalue weighted by Crippen LogP contribution is -2.44. The quantitative estimate of drug-likeness (QED) is 0.776. The van der Waals surface area contributed by atoms with Gasteiger partial charge >= 0.3 is 0 Å². The van der Waals surface area contributed by atoms with Crippen LogP contribution in [0.3, 0.4) is 0 Å². The van der Waals surface area contributed by atoms with Crippen LogP contribution in [0.1, 0.15) is 10.4 Å². The van der Waals surface area contributed by atoms with Crippen LogP contribution in [0.15, 0.2) is 22.7 Å². The Morgan fingerprint density at radius 1 is 1.25 bits per heavy atom. The van der Waals surface area contributed by atoms with Gasteiger partial charge in [0.2, 0.25) is 0 Å². The van der Waals surface area contributed by atoms with Crippen molar-refractivity contribution in [1.29, 1.82) is 0 Å². The van der Waals surface area contributed by atoms with Gasteiger partial charge in [-0.1, -0.05) is 6.07 Å². The molecule has 0 aliphatic carbocycles. The van der Waals surface area contributed by atoms with E-state index in [1.54, 1.807) is 0 Å². The zero-order valence-corrected chi connectivity index (χ0v) is 10.9. The van der Waals surface area contributed by atoms with Crippen molar-refractivity contribution in [2.75, 3.05) is 38.1 Å². The smallest absolute Gasteiger partial charge is 0.153 e. The fourth-order valence-corrected chi connectivity index (χ4v) is 2.41. The van der Waals surface area contributed by atoms with E-state index in [1.165, 1.54) is 0 Å². The number of hydrogen-bond donors (Lipinski definition) is 0. The molecule has 0 N–H and O–H groups in total. The lowest BCUT2D eigenvalue weighted by molar-refractivity contribution is 0.112. The molecule has 1 heterocycles. The van der Waals surface area contributed by atoms with Gasteiger partial charge in [-0.25, -0.2) is 0 Å². The first-order valence-corrected chi connectivity index (χ1v) is 6.19. The van der Waals surface area contributed by atoms with Crippen LogP contribution in [0.5, 0.6) is 0 Å². The third kappa shape index (κ3) is 2.28. The minimum absolute atomic E-state index is 0.757. The van der Waals surface area contributed by atoms with Crippen LogP contribution >= 0.6 is 15.9 Å². The summed E-state index contributed by atoms with van der Waals surface area (Å²) in [6, 6.07) is 5.90. The molecule has 1 aromatic rings. The third-order valence-corrected chi connectivity index (χ3v) is 3.68. The number of hydrogen-bond acceptors (Lipinski definition) is 3. The van der Waals surface area contributed by atoms with Gasteiger partial charge in [0.1, 0.15) is 0 Å². The summed E-state index contributed by atoms with van der Waals surface area (Å²) in [4.78, 5) is 15.7. The van der Waals surface area contributed by atoms with E-state index >= 15 is 0 Å². The minimum Gasteiger partial charge on any atom is -0.368 e. The highest BCUT2D eigenvalue weighted by molar-refractivity contribution is 9.10. The molecule has 4 heteroatoms. The Kier molecular flexibility index (Phi) is 3.61. The molecule has 0 saturated carbocycles. The van der Waals surface area contributed by atoms with Crippen molar-refractivity contribution in [2.24, 2.45) is 0 Å². The SMILES string of the molecule is CN1CCN(c2cccc(Br)c2C=O)CC1. The van der Waals surface area contributed by atoms with Crippen molar-refractivity contribution in [3.63, 3.8) is 0 Å². The number of piperazine rings is 1. The van der Waals surface area contributed by atoms with E-state index in [2.05, 4.69) is 32.8 Å². The van der Waals surface area contributed by atoms with Crippen molar-refractivity contribution in [2.45, 2.75) is 0 Å². The van der Waals surface area contributed by atoms with Crippen LogP contribution in [0, 0.1) is 0 Å². The molecule has 86 valence electrons. The normalized spacial score (nSPS) is 17.5. The monoisotopic (exact) mass is 282 g/mol. The first-order valence-electron chi connectivity index (χ1n) is 5.39. The first kappa shape index (κ1) is 11.6. The van der Waals surface area contributed by atoms with E-state index in [1.807, 2.05) is 18.2 Å². The Bertz CT molecular complexity index is 387. The lowest BCUT2D eigenvalue weighted by Gasteiger charge is -2.34. The Hall–Kier alpha value is -0.870. The van der Waals surface area contributed by atoms with Crippen molar-refractivity contribution < 1.29 is 4.79 Å². The van der Waals surface area contributed by atoms with Crippen LogP contribution in [0.4, 0.5) is 5.69 Å². The fraction of sp³-hybridized carbons (Fsp3) is 0.417. The van der Waals surface area contributed by atoms with Crippen molar-refractivity contribution in [1.82, 2.24) is 4.90 Å². The summed E-state index contributed by atoms with van der Waals surface area (Å²) in [5, 5.41) is 0. The summed E-state index contributed by atoms with van der Waals surface area (Å²) in [5.41, 5.74) is 1.80. The number of aldehydes is 1. The predicted octanol–water partition coefficient (Wildman–Crippen LogP) is 2.01. The molecular formula is C12H15BrN2O. The molecule has 2 rings (SSSR count). The summed E-state index contributed by atoms with van der Waals surface area (Å²) in [5.74, 6) is 0. The highest BCUT2D eigenvalue weighted by Gasteiger charge is 2.17. The van der Waals surface area contributed by atoms with Gasteiger partial charge in [-0.15, -0.1) is 0 Å². The molecule has 3 nitrogen and oxygen atoms in total. The topological polar surface area (TPSA) is 23.6 Å². The number of likely N-dealkylation sites (N-methyl/N-ethyl adjacent to an activating group) is 1. The van der Waals surface area contributed by atoms with E-state index < -0.39 is 0 Å². The van der Waals surface area contributed by atoms with Gasteiger partial charge in [-0.3, -0.25) is 4.79 Å². The molecule has 0 bridgehead atoms. The van der Waals surface area contributed by atoms with Gasteiger partial charge in [0.15, 0.2) is 6.29 Å². The average molecular weight is 283 g/mol. The molecule has 0 amide bonds. The maximum atomic E-state index is 11.1. The molecule has 1 saturated heterocycles. The Labute approximate surface area is 104 Å². The van der Waals surface area contributed by atoms with Crippen molar-refractivity contribution >= 4 is 27.9 Å². The van der Waals surface area contributed by atoms with E-state index in [0.717, 1.165) is 48.2 Å². The molecule has 0 radical (unpaired) electrons. The first-order chi connectivity index (χ1) is 7.72. The molecule has 1 fully saturated rings. The molecule has 0 spiro atoms. The highest BCUT2D eigenvalue weighted by Crippen LogP contribution is 2.26. The van der Waals surface area contributed by atoms with E-state index in [9.17, 15) is 4.79 Å². The number of carbonyl (C=O) groups is 1. The molecule has 0 aromatic heterocycles. The summed E-state index contributed by atoms with van der Waals surface area (Å²) >= 11 is 3.42. The summed E-state index contributed by atoms with van der Waals surface area (Å²) in [7, 11) is 2.12. The van der Waals surface area contributed by atoms with Gasteiger partial charge in [0.05, 0.1) is 5.56 Å². The molecule has 0 atom stereocenters. The zero-order chi connectivity index (χ0) is 11.5. The average Bonchev–Trinajstić information content (AvgIpc) is 2.30. The van der Waals surface area contributed by atoms with E-state index in [0.29, 0.717) is 0 Å². The minimum atomic E-state index is 0.757. The third-order valence-electron chi connectivity index (χ3n) is 2.99. The van der Waals surface area contributed by atoms with Crippen molar-refractivity contribution in [3.05, 3.63) is 28.2 Å². The summed E-state index contributed by atoms with van der Waals surface area (Å²) < 4.78 is 0.874. The number of carbonyl (C=O) groups excluding carboxylic acids is 1. The number of rotatable bonds is 2. The van der Waals surface area contributed by atoms with Crippen LogP contribution in [-0.4, -0.2) is 44.4 Å². The summed E-state index contributed by atoms with van der Waals surface area (Å²) in [6.45, 7) is 4.05. The molecule has 1 aliphatic heterocycles. The molecule has 1 aromatic carbocycles. The second kappa shape index (κ2) is 4.97. The molecule has 1 aliphatic rings. The van der Waals surface area contributed by atoms with E-state index in [-0.39, 0.29) is 0 Å². The van der Waals surface area contributed by atoms with E-state index in [4.69, 9.17) is 0 Å². The Balaban J connectivity index is 2.26. The molecular weight excluding hydrogens is 268 g/mol. The largest absolute Gasteiger partial charge is 0.368 e. The second-order valence-electron chi connectivity index (χ2n) is 4.08. The Morgan fingerprint density at radius 3 is 2.56 bits per heavy atom. The predicted molar refractivity (Wildman–Crippen MR) is 69.2 cm³/mol. The maximum absolute atomic E-state index is 11.1. The van der Waals surface area contributed by atoms with Crippen molar-refractivity contribution in [3.8, 4) is 0 Å². The van der Waals surface area contributed by atoms with Crippen LogP contribution < -0.4 is 4.90 Å². The zero-order valence-electron chi connectivity index (χ0n) is 9.32. The highest BCUT2D eigenvalue weighted by atomic mass is 79.9. The number of halogens is 1. The lowest BCUT2D eigenvalue weighted by atomic mass is 10.1. The van der Waals surface area contributed by atoms with Crippen LogP contribution in [-0.2, 0) is 0 Å². The number of benzene rings is 1. The standard InChI is InChI=1S/C12H15BrN2O/c1-14-5-7-15(8-6-14)12-4-2-3-11(13)10(12)9-16/h2-4,9H,5-8H2,1H3. The number of nitrogens with zero attached hydrogens (tertiary/aromatic N) is 2. The maximum Gasteiger partial charge on any atom is 0.153 e. The second-order valence-corrected chi connectivity index (χ2v) is 4.94. The molecule has 16 heavy (non-hydrogen) atoms.